The first kappa shape index (κ1) is 16.7. The van der Waals surface area contributed by atoms with Crippen molar-refractivity contribution in [3.63, 3.8) is 0 Å². The maximum Gasteiger partial charge on any atom is 0.250 e. The Bertz CT molecular complexity index is 724. The summed E-state index contributed by atoms with van der Waals surface area (Å²) in [5.74, 6) is 0.400. The molecule has 2 rings (SSSR count). The zero-order valence-corrected chi connectivity index (χ0v) is 13.8. The predicted molar refractivity (Wildman–Crippen MR) is 97.6 cm³/mol. The molecular formula is C18H18N2O2S. The summed E-state index contributed by atoms with van der Waals surface area (Å²) in [6, 6.07) is 15.2. The van der Waals surface area contributed by atoms with Crippen molar-refractivity contribution in [2.75, 3.05) is 12.4 Å². The van der Waals surface area contributed by atoms with E-state index in [2.05, 4.69) is 10.6 Å². The number of carbonyl (C=O) groups excluding carboxylic acids is 1. The van der Waals surface area contributed by atoms with Gasteiger partial charge in [0.05, 0.1) is 7.11 Å². The van der Waals surface area contributed by atoms with Gasteiger partial charge < -0.3 is 10.1 Å². The van der Waals surface area contributed by atoms with Crippen LogP contribution < -0.4 is 15.4 Å². The Morgan fingerprint density at radius 1 is 1.13 bits per heavy atom. The number of para-hydroxylation sites is 1. The average Bonchev–Trinajstić information content (AvgIpc) is 2.55. The van der Waals surface area contributed by atoms with Crippen LogP contribution in [0.3, 0.4) is 0 Å². The quantitative estimate of drug-likeness (QED) is 0.667. The van der Waals surface area contributed by atoms with Gasteiger partial charge in [-0.3, -0.25) is 10.1 Å². The fourth-order valence-corrected chi connectivity index (χ4v) is 2.14. The SMILES string of the molecule is COc1ccccc1C=CC(=O)NC(=S)Nc1ccc(C)cc1. The molecule has 0 aliphatic heterocycles. The van der Waals surface area contributed by atoms with Crippen LogP contribution in [0.1, 0.15) is 11.1 Å². The molecule has 4 nitrogen and oxygen atoms in total. The van der Waals surface area contributed by atoms with Gasteiger partial charge in [0, 0.05) is 17.3 Å². The van der Waals surface area contributed by atoms with E-state index in [-0.39, 0.29) is 11.0 Å². The smallest absolute Gasteiger partial charge is 0.250 e. The first-order valence-corrected chi connectivity index (χ1v) is 7.49. The molecule has 2 aromatic carbocycles. The van der Waals surface area contributed by atoms with Gasteiger partial charge in [-0.05, 0) is 43.4 Å². The summed E-state index contributed by atoms with van der Waals surface area (Å²) in [6.45, 7) is 2.01. The van der Waals surface area contributed by atoms with E-state index in [1.54, 1.807) is 13.2 Å². The van der Waals surface area contributed by atoms with Gasteiger partial charge >= 0.3 is 0 Å². The van der Waals surface area contributed by atoms with Crippen molar-refractivity contribution in [1.82, 2.24) is 5.32 Å². The predicted octanol–water partition coefficient (Wildman–Crippen LogP) is 3.53. The molecule has 2 N–H and O–H groups in total. The van der Waals surface area contributed by atoms with Crippen LogP contribution in [-0.4, -0.2) is 18.1 Å². The lowest BCUT2D eigenvalue weighted by Gasteiger charge is -2.08. The van der Waals surface area contributed by atoms with Crippen molar-refractivity contribution < 1.29 is 9.53 Å². The highest BCUT2D eigenvalue weighted by molar-refractivity contribution is 7.80. The maximum atomic E-state index is 11.9. The number of aryl methyl sites for hydroxylation is 1. The van der Waals surface area contributed by atoms with Crippen LogP contribution in [0.2, 0.25) is 0 Å². The van der Waals surface area contributed by atoms with Gasteiger partial charge in [0.25, 0.3) is 0 Å². The number of thiocarbonyl (C=S) groups is 1. The van der Waals surface area contributed by atoms with E-state index in [4.69, 9.17) is 17.0 Å². The Labute approximate surface area is 141 Å². The van der Waals surface area contributed by atoms with Crippen LogP contribution in [0.25, 0.3) is 6.08 Å². The topological polar surface area (TPSA) is 50.4 Å². The van der Waals surface area contributed by atoms with Crippen molar-refractivity contribution in [2.45, 2.75) is 6.92 Å². The molecule has 5 heteroatoms. The molecule has 0 saturated carbocycles. The summed E-state index contributed by atoms with van der Waals surface area (Å²) < 4.78 is 5.23. The third-order valence-electron chi connectivity index (χ3n) is 3.10. The highest BCUT2D eigenvalue weighted by Crippen LogP contribution is 2.18. The molecule has 118 valence electrons. The lowest BCUT2D eigenvalue weighted by Crippen LogP contribution is -2.32. The van der Waals surface area contributed by atoms with Crippen molar-refractivity contribution in [2.24, 2.45) is 0 Å². The Kier molecular flexibility index (Phi) is 5.88. The number of benzene rings is 2. The first-order chi connectivity index (χ1) is 11.1. The highest BCUT2D eigenvalue weighted by Gasteiger charge is 2.03. The summed E-state index contributed by atoms with van der Waals surface area (Å²) in [6.07, 6.45) is 3.10. The zero-order valence-electron chi connectivity index (χ0n) is 13.0. The molecule has 1 amide bonds. The van der Waals surface area contributed by atoms with Crippen LogP contribution in [0.4, 0.5) is 5.69 Å². The van der Waals surface area contributed by atoms with E-state index < -0.39 is 0 Å². The second-order valence-corrected chi connectivity index (χ2v) is 5.29. The van der Waals surface area contributed by atoms with Crippen LogP contribution in [0, 0.1) is 6.92 Å². The van der Waals surface area contributed by atoms with E-state index in [0.29, 0.717) is 5.75 Å². The monoisotopic (exact) mass is 326 g/mol. The minimum atomic E-state index is -0.305. The molecule has 2 aromatic rings. The summed E-state index contributed by atoms with van der Waals surface area (Å²) in [4.78, 5) is 11.9. The van der Waals surface area contributed by atoms with Gasteiger partial charge in [0.2, 0.25) is 5.91 Å². The number of rotatable bonds is 4. The minimum absolute atomic E-state index is 0.253. The minimum Gasteiger partial charge on any atom is -0.496 e. The van der Waals surface area contributed by atoms with E-state index in [9.17, 15) is 4.79 Å². The molecule has 0 fully saturated rings. The Morgan fingerprint density at radius 3 is 2.52 bits per heavy atom. The normalized spacial score (nSPS) is 10.3. The van der Waals surface area contributed by atoms with Gasteiger partial charge in [-0.2, -0.15) is 0 Å². The number of nitrogens with one attached hydrogen (secondary N) is 2. The summed E-state index contributed by atoms with van der Waals surface area (Å²) in [5, 5.41) is 5.82. The molecule has 0 bridgehead atoms. The van der Waals surface area contributed by atoms with Crippen LogP contribution in [-0.2, 0) is 4.79 Å². The molecule has 0 spiro atoms. The van der Waals surface area contributed by atoms with Crippen LogP contribution in [0.15, 0.2) is 54.6 Å². The number of amides is 1. The third-order valence-corrected chi connectivity index (χ3v) is 3.30. The maximum absolute atomic E-state index is 11.9. The van der Waals surface area contributed by atoms with E-state index in [1.807, 2.05) is 55.5 Å². The van der Waals surface area contributed by atoms with Gasteiger partial charge in [-0.25, -0.2) is 0 Å². The molecule has 0 unspecified atom stereocenters. The largest absolute Gasteiger partial charge is 0.496 e. The van der Waals surface area contributed by atoms with Crippen LogP contribution >= 0.6 is 12.2 Å². The molecule has 23 heavy (non-hydrogen) atoms. The molecule has 0 aliphatic rings. The Morgan fingerprint density at radius 2 is 1.83 bits per heavy atom. The Hall–Kier alpha value is -2.66. The fourth-order valence-electron chi connectivity index (χ4n) is 1.92. The number of carbonyl (C=O) groups is 1. The summed E-state index contributed by atoms with van der Waals surface area (Å²) in [5.41, 5.74) is 2.81. The van der Waals surface area contributed by atoms with E-state index in [1.165, 1.54) is 6.08 Å². The molecule has 0 saturated heterocycles. The van der Waals surface area contributed by atoms with Gasteiger partial charge in [0.1, 0.15) is 5.75 Å². The van der Waals surface area contributed by atoms with Crippen molar-refractivity contribution in [1.29, 1.82) is 0 Å². The van der Waals surface area contributed by atoms with Gasteiger partial charge in [-0.1, -0.05) is 35.9 Å². The van der Waals surface area contributed by atoms with Gasteiger partial charge in [0.15, 0.2) is 5.11 Å². The van der Waals surface area contributed by atoms with Crippen molar-refractivity contribution >= 4 is 35.0 Å². The first-order valence-electron chi connectivity index (χ1n) is 7.08. The summed E-state index contributed by atoms with van der Waals surface area (Å²) >= 11 is 5.12. The van der Waals surface area contributed by atoms with Crippen molar-refractivity contribution in [3.8, 4) is 5.75 Å². The van der Waals surface area contributed by atoms with E-state index >= 15 is 0 Å². The number of ether oxygens (including phenoxy) is 1. The molecule has 0 radical (unpaired) electrons. The van der Waals surface area contributed by atoms with Gasteiger partial charge in [-0.15, -0.1) is 0 Å². The molecular weight excluding hydrogens is 308 g/mol. The standard InChI is InChI=1S/C18H18N2O2S/c1-13-7-10-15(11-8-13)19-18(23)20-17(21)12-9-14-5-3-4-6-16(14)22-2/h3-12H,1-2H3,(H2,19,20,21,23). The zero-order chi connectivity index (χ0) is 16.7. The highest BCUT2D eigenvalue weighted by atomic mass is 32.1. The van der Waals surface area contributed by atoms with Crippen LogP contribution in [0.5, 0.6) is 5.75 Å². The number of methoxy groups -OCH3 is 1. The second-order valence-electron chi connectivity index (χ2n) is 4.88. The third kappa shape index (κ3) is 5.23. The molecule has 0 atom stereocenters. The number of hydrogen-bond donors (Lipinski definition) is 2. The number of hydrogen-bond acceptors (Lipinski definition) is 3. The summed E-state index contributed by atoms with van der Waals surface area (Å²) in [7, 11) is 1.59. The lowest BCUT2D eigenvalue weighted by molar-refractivity contribution is -0.115. The average molecular weight is 326 g/mol. The number of anilines is 1. The lowest BCUT2D eigenvalue weighted by atomic mass is 10.2. The molecule has 0 heterocycles. The second kappa shape index (κ2) is 8.10. The van der Waals surface area contributed by atoms with E-state index in [0.717, 1.165) is 16.8 Å². The van der Waals surface area contributed by atoms with Crippen molar-refractivity contribution in [3.05, 3.63) is 65.7 Å². The molecule has 0 aromatic heterocycles. The molecule has 0 aliphatic carbocycles. The fraction of sp³-hybridized carbons (Fsp3) is 0.111. The Balaban J connectivity index is 1.92.